The van der Waals surface area contributed by atoms with Crippen molar-refractivity contribution in [2.75, 3.05) is 0 Å². The predicted octanol–water partition coefficient (Wildman–Crippen LogP) is 2.75. The van der Waals surface area contributed by atoms with Gasteiger partial charge in [-0.3, -0.25) is 9.48 Å². The van der Waals surface area contributed by atoms with Crippen molar-refractivity contribution in [3.05, 3.63) is 53.1 Å². The van der Waals surface area contributed by atoms with Crippen molar-refractivity contribution in [2.45, 2.75) is 32.7 Å². The highest BCUT2D eigenvalue weighted by molar-refractivity contribution is 5.94. The molecule has 1 aromatic carbocycles. The van der Waals surface area contributed by atoms with E-state index < -0.39 is 5.91 Å². The molecule has 0 aliphatic heterocycles. The van der Waals surface area contributed by atoms with Crippen molar-refractivity contribution in [1.29, 1.82) is 0 Å². The Bertz CT molecular complexity index is 994. The van der Waals surface area contributed by atoms with E-state index in [0.717, 1.165) is 40.9 Å². The number of halogens is 1. The number of carbonyl (C=O) groups is 1. The molecule has 0 atom stereocenters. The monoisotopic (exact) mass is 351 g/mol. The molecular weight excluding hydrogens is 333 g/mol. The third-order valence-electron chi connectivity index (χ3n) is 4.55. The number of aromatic nitrogens is 4. The lowest BCUT2D eigenvalue weighted by Crippen LogP contribution is -2.15. The van der Waals surface area contributed by atoms with Crippen LogP contribution in [0.1, 0.15) is 35.0 Å². The van der Waals surface area contributed by atoms with Crippen molar-refractivity contribution >= 4 is 5.91 Å². The molecule has 0 radical (unpaired) electrons. The summed E-state index contributed by atoms with van der Waals surface area (Å²) in [6.07, 6.45) is 4.09. The number of hydrogen-bond donors (Lipinski definition) is 1. The Hall–Kier alpha value is -3.09. The van der Waals surface area contributed by atoms with Crippen LogP contribution in [0.15, 0.2) is 30.5 Å². The fourth-order valence-electron chi connectivity index (χ4n) is 3.37. The minimum Gasteiger partial charge on any atom is -0.364 e. The molecule has 1 aliphatic rings. The first-order valence-corrected chi connectivity index (χ1v) is 8.60. The Kier molecular flexibility index (Phi) is 3.99. The number of aryl methyl sites for hydroxylation is 2. The van der Waals surface area contributed by atoms with Gasteiger partial charge in [0, 0.05) is 23.9 Å². The maximum atomic E-state index is 13.2. The number of benzene rings is 1. The van der Waals surface area contributed by atoms with Gasteiger partial charge < -0.3 is 5.73 Å². The zero-order valence-corrected chi connectivity index (χ0v) is 14.4. The maximum absolute atomic E-state index is 13.2. The second-order valence-electron chi connectivity index (χ2n) is 6.34. The number of hydrogen-bond acceptors (Lipinski definition) is 4. The van der Waals surface area contributed by atoms with Crippen molar-refractivity contribution < 1.29 is 9.18 Å². The highest BCUT2D eigenvalue weighted by Crippen LogP contribution is 2.35. The molecule has 0 spiro atoms. The third kappa shape index (κ3) is 2.65. The summed E-state index contributed by atoms with van der Waals surface area (Å²) in [5.74, 6) is -0.310. The van der Waals surface area contributed by atoms with Gasteiger partial charge >= 0.3 is 0 Å². The SMILES string of the molecule is CCCn1nc(C(N)=O)c2c1-c1nc(-c3ccc(F)cc3)ncc1CC2. The van der Waals surface area contributed by atoms with Gasteiger partial charge in [0.15, 0.2) is 11.5 Å². The van der Waals surface area contributed by atoms with Crippen molar-refractivity contribution in [3.63, 3.8) is 0 Å². The highest BCUT2D eigenvalue weighted by Gasteiger charge is 2.28. The minimum absolute atomic E-state index is 0.305. The van der Waals surface area contributed by atoms with E-state index in [1.54, 1.807) is 18.3 Å². The van der Waals surface area contributed by atoms with Gasteiger partial charge in [0.1, 0.15) is 5.82 Å². The van der Waals surface area contributed by atoms with Crippen LogP contribution in [0, 0.1) is 5.82 Å². The Morgan fingerprint density at radius 3 is 2.73 bits per heavy atom. The third-order valence-corrected chi connectivity index (χ3v) is 4.55. The summed E-state index contributed by atoms with van der Waals surface area (Å²) in [7, 11) is 0. The summed E-state index contributed by atoms with van der Waals surface area (Å²) in [4.78, 5) is 21.0. The van der Waals surface area contributed by atoms with Gasteiger partial charge in [-0.2, -0.15) is 5.10 Å². The van der Waals surface area contributed by atoms with Gasteiger partial charge in [0.2, 0.25) is 0 Å². The van der Waals surface area contributed by atoms with Gasteiger partial charge in [0.05, 0.1) is 11.4 Å². The van der Waals surface area contributed by atoms with E-state index in [1.807, 2.05) is 11.6 Å². The summed E-state index contributed by atoms with van der Waals surface area (Å²) in [6, 6.07) is 6.07. The Morgan fingerprint density at radius 2 is 2.04 bits per heavy atom. The summed E-state index contributed by atoms with van der Waals surface area (Å²) in [5.41, 5.74) is 10.0. The van der Waals surface area contributed by atoms with E-state index in [9.17, 15) is 9.18 Å². The standard InChI is InChI=1S/C19H18FN5O/c1-2-9-25-17-14(16(24-25)18(21)26)8-5-12-10-22-19(23-15(12)17)11-3-6-13(20)7-4-11/h3-4,6-7,10H,2,5,8-9H2,1H3,(H2,21,26). The molecule has 0 saturated heterocycles. The number of fused-ring (bicyclic) bond motifs is 3. The van der Waals surface area contributed by atoms with Gasteiger partial charge in [-0.1, -0.05) is 6.92 Å². The van der Waals surface area contributed by atoms with Crippen LogP contribution in [0.5, 0.6) is 0 Å². The van der Waals surface area contributed by atoms with Crippen LogP contribution in [0.2, 0.25) is 0 Å². The molecule has 0 unspecified atom stereocenters. The van der Waals surface area contributed by atoms with Crippen LogP contribution in [0.3, 0.4) is 0 Å². The fraction of sp³-hybridized carbons (Fsp3) is 0.263. The molecule has 6 nitrogen and oxygen atoms in total. The number of primary amides is 1. The quantitative estimate of drug-likeness (QED) is 0.783. The highest BCUT2D eigenvalue weighted by atomic mass is 19.1. The fourth-order valence-corrected chi connectivity index (χ4v) is 3.37. The molecule has 1 amide bonds. The lowest BCUT2D eigenvalue weighted by atomic mass is 9.93. The number of nitrogens with zero attached hydrogens (tertiary/aromatic N) is 4. The van der Waals surface area contributed by atoms with Crippen LogP contribution in [-0.2, 0) is 19.4 Å². The molecule has 7 heteroatoms. The number of amides is 1. The van der Waals surface area contributed by atoms with Crippen LogP contribution < -0.4 is 5.73 Å². The van der Waals surface area contributed by atoms with E-state index in [-0.39, 0.29) is 5.82 Å². The maximum Gasteiger partial charge on any atom is 0.269 e. The molecule has 3 aromatic rings. The van der Waals surface area contributed by atoms with Gasteiger partial charge in [-0.05, 0) is 49.1 Å². The summed E-state index contributed by atoms with van der Waals surface area (Å²) in [6.45, 7) is 2.72. The topological polar surface area (TPSA) is 86.7 Å². The molecule has 0 saturated carbocycles. The Labute approximate surface area is 149 Å². The van der Waals surface area contributed by atoms with E-state index >= 15 is 0 Å². The number of nitrogens with two attached hydrogens (primary N) is 1. The van der Waals surface area contributed by atoms with Crippen LogP contribution >= 0.6 is 0 Å². The molecule has 2 N–H and O–H groups in total. The Morgan fingerprint density at radius 1 is 1.27 bits per heavy atom. The zero-order valence-electron chi connectivity index (χ0n) is 14.4. The number of rotatable bonds is 4. The molecule has 1 aliphatic carbocycles. The largest absolute Gasteiger partial charge is 0.364 e. The second kappa shape index (κ2) is 6.33. The minimum atomic E-state index is -0.521. The molecule has 0 fully saturated rings. The van der Waals surface area contributed by atoms with Crippen molar-refractivity contribution in [2.24, 2.45) is 5.73 Å². The van der Waals surface area contributed by atoms with E-state index in [2.05, 4.69) is 10.1 Å². The lowest BCUT2D eigenvalue weighted by molar-refractivity contribution is 0.0994. The smallest absolute Gasteiger partial charge is 0.269 e. The summed E-state index contributed by atoms with van der Waals surface area (Å²) >= 11 is 0. The van der Waals surface area contributed by atoms with Crippen LogP contribution in [0.4, 0.5) is 4.39 Å². The molecule has 2 heterocycles. The van der Waals surface area contributed by atoms with Gasteiger partial charge in [-0.25, -0.2) is 14.4 Å². The first-order chi connectivity index (χ1) is 12.6. The van der Waals surface area contributed by atoms with E-state index in [1.165, 1.54) is 12.1 Å². The Balaban J connectivity index is 1.89. The summed E-state index contributed by atoms with van der Waals surface area (Å²) < 4.78 is 15.0. The average molecular weight is 351 g/mol. The van der Waals surface area contributed by atoms with E-state index in [0.29, 0.717) is 24.5 Å². The van der Waals surface area contributed by atoms with Crippen molar-refractivity contribution in [1.82, 2.24) is 19.7 Å². The van der Waals surface area contributed by atoms with Gasteiger partial charge in [0.25, 0.3) is 5.91 Å². The molecule has 2 aromatic heterocycles. The number of carbonyl (C=O) groups excluding carboxylic acids is 1. The first kappa shape index (κ1) is 16.4. The van der Waals surface area contributed by atoms with E-state index in [4.69, 9.17) is 10.7 Å². The molecule has 4 rings (SSSR count). The average Bonchev–Trinajstić information content (AvgIpc) is 3.02. The predicted molar refractivity (Wildman–Crippen MR) is 94.9 cm³/mol. The van der Waals surface area contributed by atoms with Gasteiger partial charge in [-0.15, -0.1) is 0 Å². The normalized spacial score (nSPS) is 12.5. The first-order valence-electron chi connectivity index (χ1n) is 8.60. The lowest BCUT2D eigenvalue weighted by Gasteiger charge is -2.18. The molecule has 26 heavy (non-hydrogen) atoms. The van der Waals surface area contributed by atoms with Crippen molar-refractivity contribution in [3.8, 4) is 22.8 Å². The molecule has 0 bridgehead atoms. The molecular formula is C19H18FN5O. The summed E-state index contributed by atoms with van der Waals surface area (Å²) in [5, 5.41) is 4.43. The second-order valence-corrected chi connectivity index (χ2v) is 6.34. The zero-order chi connectivity index (χ0) is 18.3. The van der Waals surface area contributed by atoms with Crippen LogP contribution in [0.25, 0.3) is 22.8 Å². The molecule has 132 valence electrons. The van der Waals surface area contributed by atoms with Crippen LogP contribution in [-0.4, -0.2) is 25.7 Å².